The minimum absolute atomic E-state index is 0.689. The molecule has 7 nitrogen and oxygen atoms in total. The van der Waals surface area contributed by atoms with Crippen molar-refractivity contribution < 1.29 is 0 Å². The van der Waals surface area contributed by atoms with E-state index >= 15 is 0 Å². The van der Waals surface area contributed by atoms with Gasteiger partial charge in [-0.2, -0.15) is 15.3 Å². The van der Waals surface area contributed by atoms with Crippen molar-refractivity contribution in [3.63, 3.8) is 0 Å². The Labute approximate surface area is 180 Å². The van der Waals surface area contributed by atoms with Crippen molar-refractivity contribution in [2.24, 2.45) is 0 Å². The molecule has 0 saturated carbocycles. The Morgan fingerprint density at radius 1 is 0.630 bits per heavy atom. The number of halogens is 3. The number of hydrogen-bond donors (Lipinski definition) is 0. The molecule has 0 unspecified atom stereocenters. The van der Waals surface area contributed by atoms with Crippen LogP contribution in [0.25, 0.3) is 17.3 Å². The number of alkyl halides is 3. The van der Waals surface area contributed by atoms with E-state index in [2.05, 4.69) is 63.1 Å². The highest BCUT2D eigenvalue weighted by molar-refractivity contribution is 9.09. The van der Waals surface area contributed by atoms with Gasteiger partial charge in [-0.1, -0.05) is 47.8 Å². The Kier molecular flexibility index (Phi) is 5.55. The number of hydrogen-bond acceptors (Lipinski definition) is 4. The third-order valence-electron chi connectivity index (χ3n) is 3.86. The van der Waals surface area contributed by atoms with Crippen molar-refractivity contribution in [2.75, 3.05) is 0 Å². The fourth-order valence-corrected chi connectivity index (χ4v) is 3.45. The molecular weight excluding hydrogens is 542 g/mol. The summed E-state index contributed by atoms with van der Waals surface area (Å²) < 4.78 is 5.34. The molecule has 4 aromatic heterocycles. The van der Waals surface area contributed by atoms with Crippen molar-refractivity contribution in [1.82, 2.24) is 34.3 Å². The molecule has 4 heterocycles. The van der Waals surface area contributed by atoms with Crippen LogP contribution in [-0.2, 0) is 16.0 Å². The van der Waals surface area contributed by atoms with Crippen LogP contribution in [0.15, 0.2) is 48.9 Å². The van der Waals surface area contributed by atoms with Crippen LogP contribution in [0, 0.1) is 0 Å². The van der Waals surface area contributed by atoms with Crippen LogP contribution in [0.3, 0.4) is 0 Å². The topological polar surface area (TPSA) is 66.3 Å². The summed E-state index contributed by atoms with van der Waals surface area (Å²) in [5, 5.41) is 15.7. The zero-order valence-electron chi connectivity index (χ0n) is 14.0. The van der Waals surface area contributed by atoms with E-state index in [1.807, 2.05) is 53.6 Å². The van der Waals surface area contributed by atoms with Crippen molar-refractivity contribution in [3.05, 3.63) is 66.0 Å². The average molecular weight is 556 g/mol. The summed E-state index contributed by atoms with van der Waals surface area (Å²) in [5.41, 5.74) is 3.71. The van der Waals surface area contributed by atoms with Crippen LogP contribution in [0.2, 0.25) is 0 Å². The van der Waals surface area contributed by atoms with E-state index < -0.39 is 0 Å². The Balaban J connectivity index is 1.84. The molecule has 10 heteroatoms. The van der Waals surface area contributed by atoms with Gasteiger partial charge in [0.1, 0.15) is 0 Å². The van der Waals surface area contributed by atoms with Crippen molar-refractivity contribution in [2.45, 2.75) is 16.0 Å². The van der Waals surface area contributed by atoms with Crippen LogP contribution in [-0.4, -0.2) is 34.3 Å². The zero-order chi connectivity index (χ0) is 18.8. The first-order valence-corrected chi connectivity index (χ1v) is 11.4. The maximum Gasteiger partial charge on any atom is 0.157 e. The summed E-state index contributed by atoms with van der Waals surface area (Å²) >= 11 is 10.3. The van der Waals surface area contributed by atoms with Gasteiger partial charge in [-0.3, -0.25) is 0 Å². The van der Waals surface area contributed by atoms with E-state index in [-0.39, 0.29) is 0 Å². The summed E-state index contributed by atoms with van der Waals surface area (Å²) in [6, 6.07) is 9.79. The monoisotopic (exact) mass is 553 g/mol. The Morgan fingerprint density at radius 2 is 1.04 bits per heavy atom. The third-order valence-corrected chi connectivity index (χ3v) is 5.58. The maximum atomic E-state index is 4.74. The van der Waals surface area contributed by atoms with Crippen molar-refractivity contribution in [1.29, 1.82) is 0 Å². The van der Waals surface area contributed by atoms with E-state index in [1.54, 1.807) is 9.36 Å². The lowest BCUT2D eigenvalue weighted by atomic mass is 10.3. The predicted molar refractivity (Wildman–Crippen MR) is 113 cm³/mol. The second kappa shape index (κ2) is 8.07. The molecule has 0 bridgehead atoms. The minimum Gasteiger partial charge on any atom is -0.240 e. The van der Waals surface area contributed by atoms with Crippen LogP contribution >= 0.6 is 47.8 Å². The highest BCUT2D eigenvalue weighted by atomic mass is 79.9. The molecule has 4 rings (SSSR count). The molecule has 0 atom stereocenters. The Morgan fingerprint density at radius 3 is 1.44 bits per heavy atom. The van der Waals surface area contributed by atoms with Gasteiger partial charge in [0.05, 0.1) is 22.8 Å². The summed E-state index contributed by atoms with van der Waals surface area (Å²) in [6.07, 6.45) is 5.72. The third kappa shape index (κ3) is 3.92. The van der Waals surface area contributed by atoms with Gasteiger partial charge < -0.3 is 0 Å². The summed E-state index contributed by atoms with van der Waals surface area (Å²) in [7, 11) is 0. The van der Waals surface area contributed by atoms with E-state index in [4.69, 9.17) is 4.98 Å². The fourth-order valence-electron chi connectivity index (χ4n) is 2.55. The average Bonchev–Trinajstić information content (AvgIpc) is 3.47. The largest absolute Gasteiger partial charge is 0.240 e. The second-order valence-corrected chi connectivity index (χ2v) is 7.38. The van der Waals surface area contributed by atoms with Gasteiger partial charge >= 0.3 is 0 Å². The van der Waals surface area contributed by atoms with E-state index in [9.17, 15) is 0 Å². The quantitative estimate of drug-likeness (QED) is 0.332. The van der Waals surface area contributed by atoms with Gasteiger partial charge in [-0.15, -0.1) is 0 Å². The first-order valence-electron chi connectivity index (χ1n) is 8.05. The van der Waals surface area contributed by atoms with E-state index in [0.717, 1.165) is 22.8 Å². The number of nitrogens with zero attached hydrogens (tertiary/aromatic N) is 7. The minimum atomic E-state index is 0.689. The fraction of sp³-hybridized carbons (Fsp3) is 0.176. The summed E-state index contributed by atoms with van der Waals surface area (Å²) in [4.78, 5) is 4.74. The number of aromatic nitrogens is 7. The standard InChI is InChI=1S/C17H14Br3N7/c18-9-12-1-4-25(22-12)15-7-16(26-5-2-13(10-19)23-26)21-17(8-15)27-6-3-14(11-20)24-27/h1-8H,9-11H2. The summed E-state index contributed by atoms with van der Waals surface area (Å²) in [6.45, 7) is 0. The molecule has 0 aliphatic carbocycles. The summed E-state index contributed by atoms with van der Waals surface area (Å²) in [5.74, 6) is 1.39. The molecule has 0 radical (unpaired) electrons. The smallest absolute Gasteiger partial charge is 0.157 e. The predicted octanol–water partition coefficient (Wildman–Crippen LogP) is 4.32. The van der Waals surface area contributed by atoms with Gasteiger partial charge in [0, 0.05) is 46.7 Å². The van der Waals surface area contributed by atoms with E-state index in [1.165, 1.54) is 0 Å². The SMILES string of the molecule is BrCc1ccn(-c2cc(-n3ccc(CBr)n3)nc(-n3ccc(CBr)n3)c2)n1. The van der Waals surface area contributed by atoms with Crippen molar-refractivity contribution >= 4 is 47.8 Å². The molecule has 0 N–H and O–H groups in total. The molecular formula is C17H14Br3N7. The highest BCUT2D eigenvalue weighted by Crippen LogP contribution is 2.18. The molecule has 0 aliphatic heterocycles. The maximum absolute atomic E-state index is 4.74. The molecule has 0 spiro atoms. The molecule has 0 fully saturated rings. The Hall–Kier alpha value is -1.78. The molecule has 0 aromatic carbocycles. The van der Waals surface area contributed by atoms with Crippen LogP contribution < -0.4 is 0 Å². The number of rotatable bonds is 6. The zero-order valence-corrected chi connectivity index (χ0v) is 18.8. The first kappa shape index (κ1) is 18.6. The Bertz CT molecular complexity index is 920. The second-order valence-electron chi connectivity index (χ2n) is 5.70. The molecule has 4 aromatic rings. The molecule has 0 saturated heterocycles. The van der Waals surface area contributed by atoms with Crippen LogP contribution in [0.5, 0.6) is 0 Å². The van der Waals surface area contributed by atoms with Gasteiger partial charge in [0.25, 0.3) is 0 Å². The molecule has 0 aliphatic rings. The van der Waals surface area contributed by atoms with E-state index in [0.29, 0.717) is 27.6 Å². The van der Waals surface area contributed by atoms with Gasteiger partial charge in [0.15, 0.2) is 11.6 Å². The first-order chi connectivity index (χ1) is 13.2. The lowest BCUT2D eigenvalue weighted by Crippen LogP contribution is -2.08. The molecule has 27 heavy (non-hydrogen) atoms. The molecule has 0 amide bonds. The van der Waals surface area contributed by atoms with Crippen LogP contribution in [0.1, 0.15) is 17.1 Å². The lowest BCUT2D eigenvalue weighted by Gasteiger charge is -2.09. The lowest BCUT2D eigenvalue weighted by molar-refractivity contribution is 0.778. The molecule has 138 valence electrons. The van der Waals surface area contributed by atoms with Gasteiger partial charge in [0.2, 0.25) is 0 Å². The highest BCUT2D eigenvalue weighted by Gasteiger charge is 2.11. The van der Waals surface area contributed by atoms with Gasteiger partial charge in [-0.25, -0.2) is 19.0 Å². The normalized spacial score (nSPS) is 11.2. The number of pyridine rings is 1. The van der Waals surface area contributed by atoms with Crippen molar-refractivity contribution in [3.8, 4) is 17.3 Å². The van der Waals surface area contributed by atoms with Crippen LogP contribution in [0.4, 0.5) is 0 Å². The van der Waals surface area contributed by atoms with Gasteiger partial charge in [-0.05, 0) is 18.2 Å².